The minimum absolute atomic E-state index is 0.0849. The van der Waals surface area contributed by atoms with Gasteiger partial charge in [0.1, 0.15) is 17.5 Å². The Kier molecular flexibility index (Phi) is 8.00. The molecule has 1 fully saturated rings. The van der Waals surface area contributed by atoms with Crippen LogP contribution in [0.4, 0.5) is 0 Å². The number of pyridine rings is 1. The molecule has 3 heterocycles. The molecule has 0 saturated carbocycles. The number of carbonyl (C=O) groups excluding carboxylic acids is 1. The molecule has 4 bridgehead atoms. The third-order valence-electron chi connectivity index (χ3n) is 6.51. The van der Waals surface area contributed by atoms with E-state index in [1.807, 2.05) is 47.5 Å². The van der Waals surface area contributed by atoms with Gasteiger partial charge in [0.15, 0.2) is 0 Å². The van der Waals surface area contributed by atoms with Crippen LogP contribution < -0.4 is 4.74 Å². The number of aromatic nitrogens is 1. The maximum absolute atomic E-state index is 13.1. The summed E-state index contributed by atoms with van der Waals surface area (Å²) in [5, 5.41) is 0.512. The Bertz CT molecular complexity index is 892. The van der Waals surface area contributed by atoms with Crippen molar-refractivity contribution in [2.75, 3.05) is 39.9 Å². The maximum atomic E-state index is 13.1. The number of methoxy groups -OCH3 is 1. The number of ether oxygens (including phenoxy) is 2. The summed E-state index contributed by atoms with van der Waals surface area (Å²) in [5.74, 6) is 1.19. The Balaban J connectivity index is 1.50. The number of hydrogen-bond donors (Lipinski definition) is 0. The van der Waals surface area contributed by atoms with Crippen molar-refractivity contribution in [3.05, 3.63) is 58.9 Å². The van der Waals surface area contributed by atoms with E-state index in [1.54, 1.807) is 7.11 Å². The summed E-state index contributed by atoms with van der Waals surface area (Å²) < 4.78 is 11.8. The van der Waals surface area contributed by atoms with E-state index >= 15 is 0 Å². The molecule has 4 rings (SSSR count). The molecule has 0 radical (unpaired) electrons. The molecule has 1 aromatic heterocycles. The van der Waals surface area contributed by atoms with Gasteiger partial charge in [0, 0.05) is 51.0 Å². The quantitative estimate of drug-likeness (QED) is 0.644. The Hall–Kier alpha value is -2.15. The molecule has 7 heteroatoms. The minimum Gasteiger partial charge on any atom is -0.492 e. The van der Waals surface area contributed by atoms with E-state index in [0.29, 0.717) is 23.2 Å². The van der Waals surface area contributed by atoms with Crippen LogP contribution >= 0.6 is 11.6 Å². The lowest BCUT2D eigenvalue weighted by Crippen LogP contribution is -2.46. The Morgan fingerprint density at radius 3 is 2.88 bits per heavy atom. The Morgan fingerprint density at radius 1 is 1.16 bits per heavy atom. The van der Waals surface area contributed by atoms with Crippen LogP contribution in [0.5, 0.6) is 5.75 Å². The summed E-state index contributed by atoms with van der Waals surface area (Å²) in [5.41, 5.74) is 1.83. The molecular formula is C25H32ClN3O3. The van der Waals surface area contributed by atoms with Gasteiger partial charge < -0.3 is 14.4 Å². The molecule has 1 amide bonds. The van der Waals surface area contributed by atoms with Gasteiger partial charge in [-0.15, -0.1) is 0 Å². The van der Waals surface area contributed by atoms with Crippen molar-refractivity contribution < 1.29 is 14.3 Å². The minimum atomic E-state index is 0.0849. The van der Waals surface area contributed by atoms with Gasteiger partial charge in [-0.1, -0.05) is 30.2 Å². The van der Waals surface area contributed by atoms with Crippen molar-refractivity contribution in [1.82, 2.24) is 14.8 Å². The van der Waals surface area contributed by atoms with Crippen LogP contribution in [0, 0.1) is 5.92 Å². The fourth-order valence-electron chi connectivity index (χ4n) is 4.75. The lowest BCUT2D eigenvalue weighted by atomic mass is 9.89. The van der Waals surface area contributed by atoms with Crippen molar-refractivity contribution in [3.8, 4) is 5.75 Å². The monoisotopic (exact) mass is 457 g/mol. The van der Waals surface area contributed by atoms with Crippen molar-refractivity contribution in [1.29, 1.82) is 0 Å². The first-order valence-corrected chi connectivity index (χ1v) is 11.9. The number of carbonyl (C=O) groups is 1. The van der Waals surface area contributed by atoms with E-state index in [1.165, 1.54) is 0 Å². The molecule has 0 aliphatic carbocycles. The predicted molar refractivity (Wildman–Crippen MR) is 125 cm³/mol. The van der Waals surface area contributed by atoms with Crippen molar-refractivity contribution in [3.63, 3.8) is 0 Å². The molecule has 172 valence electrons. The van der Waals surface area contributed by atoms with Crippen LogP contribution in [0.1, 0.15) is 41.6 Å². The maximum Gasteiger partial charge on any atom is 0.254 e. The normalized spacial score (nSPS) is 23.2. The molecule has 2 aliphatic heterocycles. The number of rotatable bonds is 3. The summed E-state index contributed by atoms with van der Waals surface area (Å²) in [6, 6.07) is 11.4. The zero-order valence-electron chi connectivity index (χ0n) is 18.7. The largest absolute Gasteiger partial charge is 0.492 e. The molecule has 2 aliphatic rings. The summed E-state index contributed by atoms with van der Waals surface area (Å²) in [6.07, 6.45) is 6.22. The van der Waals surface area contributed by atoms with Crippen molar-refractivity contribution >= 4 is 17.5 Å². The van der Waals surface area contributed by atoms with Crippen molar-refractivity contribution in [2.24, 2.45) is 5.92 Å². The summed E-state index contributed by atoms with van der Waals surface area (Å²) in [6.45, 7) is 4.65. The molecular weight excluding hydrogens is 426 g/mol. The van der Waals surface area contributed by atoms with E-state index in [4.69, 9.17) is 21.1 Å². The molecule has 32 heavy (non-hydrogen) atoms. The van der Waals surface area contributed by atoms with E-state index in [9.17, 15) is 4.79 Å². The van der Waals surface area contributed by atoms with Gasteiger partial charge in [-0.2, -0.15) is 0 Å². The smallest absolute Gasteiger partial charge is 0.254 e. The average Bonchev–Trinajstić information content (AvgIpc) is 2.82. The SMILES string of the molecule is CO[C@H]1CCN2C[C@H]1CCCCN(Cc1ccc(Cl)nc1)CCOc1cccc(c1)C2=O. The summed E-state index contributed by atoms with van der Waals surface area (Å²) >= 11 is 5.94. The second-order valence-electron chi connectivity index (χ2n) is 8.71. The Morgan fingerprint density at radius 2 is 2.06 bits per heavy atom. The van der Waals surface area contributed by atoms with E-state index in [0.717, 1.165) is 69.7 Å². The standard InChI is InChI=1S/C25H32ClN3O3/c1-31-23-10-12-29-18-21(23)5-2-3-11-28(17-19-8-9-24(26)27-16-19)13-14-32-22-7-4-6-20(15-22)25(29)30/h4,6-9,15-16,21,23H,2-3,5,10-14,17-18H2,1H3/t21-,23+/m1/s1. The first-order chi connectivity index (χ1) is 15.6. The van der Waals surface area contributed by atoms with Crippen LogP contribution in [0.3, 0.4) is 0 Å². The van der Waals surface area contributed by atoms with Gasteiger partial charge in [-0.3, -0.25) is 9.69 Å². The molecule has 2 atom stereocenters. The Labute approximate surface area is 195 Å². The van der Waals surface area contributed by atoms with Gasteiger partial charge >= 0.3 is 0 Å². The highest BCUT2D eigenvalue weighted by molar-refractivity contribution is 6.29. The van der Waals surface area contributed by atoms with Crippen LogP contribution in [-0.4, -0.2) is 66.7 Å². The molecule has 0 N–H and O–H groups in total. The molecule has 1 aromatic carbocycles. The fraction of sp³-hybridized carbons (Fsp3) is 0.520. The molecule has 6 nitrogen and oxygen atoms in total. The molecule has 1 saturated heterocycles. The highest BCUT2D eigenvalue weighted by atomic mass is 35.5. The van der Waals surface area contributed by atoms with Crippen LogP contribution in [0.15, 0.2) is 42.6 Å². The molecule has 0 unspecified atom stereocenters. The zero-order valence-corrected chi connectivity index (χ0v) is 19.5. The van der Waals surface area contributed by atoms with Crippen molar-refractivity contribution in [2.45, 2.75) is 38.3 Å². The second-order valence-corrected chi connectivity index (χ2v) is 9.10. The summed E-state index contributed by atoms with van der Waals surface area (Å²) in [4.78, 5) is 21.7. The van der Waals surface area contributed by atoms with Gasteiger partial charge in [-0.25, -0.2) is 4.98 Å². The molecule has 0 spiro atoms. The van der Waals surface area contributed by atoms with E-state index in [-0.39, 0.29) is 12.0 Å². The van der Waals surface area contributed by atoms with Gasteiger partial charge in [0.2, 0.25) is 0 Å². The number of fused-ring (bicyclic) bond motifs is 4. The highest BCUT2D eigenvalue weighted by Crippen LogP contribution is 2.27. The third kappa shape index (κ3) is 6.00. The first-order valence-electron chi connectivity index (χ1n) is 11.5. The lowest BCUT2D eigenvalue weighted by Gasteiger charge is -2.38. The van der Waals surface area contributed by atoms with Gasteiger partial charge in [-0.05, 0) is 55.6 Å². The number of amides is 1. The zero-order chi connectivity index (χ0) is 22.3. The lowest BCUT2D eigenvalue weighted by molar-refractivity contribution is -0.00676. The average molecular weight is 458 g/mol. The van der Waals surface area contributed by atoms with Gasteiger partial charge in [0.25, 0.3) is 5.91 Å². The topological polar surface area (TPSA) is 54.9 Å². The number of nitrogens with zero attached hydrogens (tertiary/aromatic N) is 3. The van der Waals surface area contributed by atoms with E-state index < -0.39 is 0 Å². The number of halogens is 1. The van der Waals surface area contributed by atoms with E-state index in [2.05, 4.69) is 9.88 Å². The predicted octanol–water partition coefficient (Wildman–Crippen LogP) is 4.28. The fourth-order valence-corrected chi connectivity index (χ4v) is 4.86. The molecule has 2 aromatic rings. The van der Waals surface area contributed by atoms with Crippen LogP contribution in [0.25, 0.3) is 0 Å². The first kappa shape index (κ1) is 23.0. The highest BCUT2D eigenvalue weighted by Gasteiger charge is 2.31. The second kappa shape index (κ2) is 11.1. The number of hydrogen-bond acceptors (Lipinski definition) is 5. The summed E-state index contributed by atoms with van der Waals surface area (Å²) in [7, 11) is 1.79. The van der Waals surface area contributed by atoms with Gasteiger partial charge in [0.05, 0.1) is 6.10 Å². The number of benzene rings is 1. The number of piperidine rings is 1. The third-order valence-corrected chi connectivity index (χ3v) is 6.73. The van der Waals surface area contributed by atoms with Crippen LogP contribution in [0.2, 0.25) is 5.15 Å². The van der Waals surface area contributed by atoms with Crippen LogP contribution in [-0.2, 0) is 11.3 Å².